The molecule has 5 nitrogen and oxygen atoms in total. The van der Waals surface area contributed by atoms with E-state index in [1.54, 1.807) is 35.2 Å². The minimum absolute atomic E-state index is 0.179. The zero-order valence-electron chi connectivity index (χ0n) is 12.7. The van der Waals surface area contributed by atoms with Gasteiger partial charge < -0.3 is 4.90 Å². The third-order valence-electron chi connectivity index (χ3n) is 4.14. The topological polar surface area (TPSA) is 57.7 Å². The molecule has 1 aliphatic carbocycles. The van der Waals surface area contributed by atoms with Crippen molar-refractivity contribution >= 4 is 33.6 Å². The van der Waals surface area contributed by atoms with Crippen molar-refractivity contribution < 1.29 is 13.2 Å². The van der Waals surface area contributed by atoms with Crippen LogP contribution in [0.5, 0.6) is 0 Å². The summed E-state index contributed by atoms with van der Waals surface area (Å²) in [6, 6.07) is 6.97. The van der Waals surface area contributed by atoms with Crippen molar-refractivity contribution in [2.45, 2.75) is 12.8 Å². The molecule has 124 valence electrons. The van der Waals surface area contributed by atoms with Crippen molar-refractivity contribution in [3.63, 3.8) is 0 Å². The molecule has 0 spiro atoms. The van der Waals surface area contributed by atoms with Crippen molar-refractivity contribution in [1.82, 2.24) is 9.21 Å². The largest absolute Gasteiger partial charge is 0.340 e. The van der Waals surface area contributed by atoms with Crippen LogP contribution in [-0.2, 0) is 14.8 Å². The molecular formula is C16H19ClN2O3S. The average molecular weight is 355 g/mol. The van der Waals surface area contributed by atoms with Crippen LogP contribution in [-0.4, -0.2) is 49.7 Å². The number of carbonyl (C=O) groups excluding carboxylic acids is 1. The van der Waals surface area contributed by atoms with Crippen molar-refractivity contribution in [3.8, 4) is 0 Å². The molecule has 1 aromatic rings. The SMILES string of the molecule is O=C(C1CC1)N1CCN(S(=O)(=O)/C=C/c2ccc(Cl)cc2)CC1. The lowest BCUT2D eigenvalue weighted by atomic mass is 10.2. The monoisotopic (exact) mass is 354 g/mol. The fourth-order valence-electron chi connectivity index (χ4n) is 2.58. The Morgan fingerprint density at radius 3 is 2.26 bits per heavy atom. The highest BCUT2D eigenvalue weighted by Gasteiger charge is 2.35. The van der Waals surface area contributed by atoms with E-state index in [0.29, 0.717) is 31.2 Å². The number of piperazine rings is 1. The Balaban J connectivity index is 1.59. The minimum Gasteiger partial charge on any atom is -0.340 e. The summed E-state index contributed by atoms with van der Waals surface area (Å²) in [5.41, 5.74) is 0.778. The molecule has 0 unspecified atom stereocenters. The molecule has 1 amide bonds. The van der Waals surface area contributed by atoms with E-state index < -0.39 is 10.0 Å². The van der Waals surface area contributed by atoms with Gasteiger partial charge in [0.25, 0.3) is 0 Å². The molecule has 0 bridgehead atoms. The lowest BCUT2D eigenvalue weighted by Gasteiger charge is -2.33. The summed E-state index contributed by atoms with van der Waals surface area (Å²) in [7, 11) is -3.46. The lowest BCUT2D eigenvalue weighted by molar-refractivity contribution is -0.133. The Kier molecular flexibility index (Phi) is 4.75. The first-order valence-corrected chi connectivity index (χ1v) is 9.56. The number of halogens is 1. The van der Waals surface area contributed by atoms with Crippen LogP contribution in [0.3, 0.4) is 0 Å². The maximum absolute atomic E-state index is 12.4. The standard InChI is InChI=1S/C16H19ClN2O3S/c17-15-5-1-13(2-6-15)7-12-23(21,22)19-10-8-18(9-11-19)16(20)14-3-4-14/h1-2,5-7,12,14H,3-4,8-11H2/b12-7+. The number of nitrogens with zero attached hydrogens (tertiary/aromatic N) is 2. The zero-order valence-corrected chi connectivity index (χ0v) is 14.3. The van der Waals surface area contributed by atoms with E-state index in [4.69, 9.17) is 11.6 Å². The normalized spacial score (nSPS) is 20.1. The Morgan fingerprint density at radius 1 is 1.09 bits per heavy atom. The van der Waals surface area contributed by atoms with E-state index in [1.807, 2.05) is 0 Å². The molecule has 0 N–H and O–H groups in total. The van der Waals surface area contributed by atoms with Gasteiger partial charge in [0.1, 0.15) is 0 Å². The van der Waals surface area contributed by atoms with Crippen molar-refractivity contribution in [1.29, 1.82) is 0 Å². The van der Waals surface area contributed by atoms with Crippen LogP contribution in [0, 0.1) is 5.92 Å². The van der Waals surface area contributed by atoms with Gasteiger partial charge in [-0.2, -0.15) is 4.31 Å². The van der Waals surface area contributed by atoms with E-state index in [-0.39, 0.29) is 11.8 Å². The first-order chi connectivity index (χ1) is 11.0. The molecule has 0 aromatic heterocycles. The molecule has 2 aliphatic rings. The summed E-state index contributed by atoms with van der Waals surface area (Å²) in [6.07, 6.45) is 3.51. The predicted octanol–water partition coefficient (Wildman–Crippen LogP) is 2.19. The van der Waals surface area contributed by atoms with E-state index in [1.165, 1.54) is 9.71 Å². The number of sulfonamides is 1. The molecule has 7 heteroatoms. The van der Waals surface area contributed by atoms with Gasteiger partial charge in [-0.25, -0.2) is 8.42 Å². The van der Waals surface area contributed by atoms with Gasteiger partial charge in [-0.15, -0.1) is 0 Å². The quantitative estimate of drug-likeness (QED) is 0.832. The molecule has 0 radical (unpaired) electrons. The van der Waals surface area contributed by atoms with E-state index >= 15 is 0 Å². The summed E-state index contributed by atoms with van der Waals surface area (Å²) in [5.74, 6) is 0.363. The molecular weight excluding hydrogens is 336 g/mol. The number of amides is 1. The maximum atomic E-state index is 12.4. The number of hydrogen-bond donors (Lipinski definition) is 0. The smallest absolute Gasteiger partial charge is 0.236 e. The van der Waals surface area contributed by atoms with Gasteiger partial charge in [0.15, 0.2) is 0 Å². The molecule has 1 saturated carbocycles. The Labute approximate surface area is 141 Å². The Morgan fingerprint density at radius 2 is 1.70 bits per heavy atom. The van der Waals surface area contributed by atoms with Crippen LogP contribution >= 0.6 is 11.6 Å². The number of hydrogen-bond acceptors (Lipinski definition) is 3. The second-order valence-corrected chi connectivity index (χ2v) is 8.15. The first-order valence-electron chi connectivity index (χ1n) is 7.68. The Hall–Kier alpha value is -1.37. The van der Waals surface area contributed by atoms with Gasteiger partial charge in [0.05, 0.1) is 0 Å². The summed E-state index contributed by atoms with van der Waals surface area (Å²) in [5, 5.41) is 1.83. The van der Waals surface area contributed by atoms with Gasteiger partial charge in [0, 0.05) is 42.5 Å². The maximum Gasteiger partial charge on any atom is 0.236 e. The van der Waals surface area contributed by atoms with Gasteiger partial charge >= 0.3 is 0 Å². The number of rotatable bonds is 4. The van der Waals surface area contributed by atoms with Crippen LogP contribution in [0.1, 0.15) is 18.4 Å². The molecule has 23 heavy (non-hydrogen) atoms. The van der Waals surface area contributed by atoms with Gasteiger partial charge in [-0.1, -0.05) is 23.7 Å². The molecule has 1 aromatic carbocycles. The molecule has 1 heterocycles. The predicted molar refractivity (Wildman–Crippen MR) is 90.3 cm³/mol. The highest BCUT2D eigenvalue weighted by Crippen LogP contribution is 2.31. The number of carbonyl (C=O) groups is 1. The van der Waals surface area contributed by atoms with Crippen molar-refractivity contribution in [2.24, 2.45) is 5.92 Å². The lowest BCUT2D eigenvalue weighted by Crippen LogP contribution is -2.50. The van der Waals surface area contributed by atoms with Crippen LogP contribution < -0.4 is 0 Å². The average Bonchev–Trinajstić information content (AvgIpc) is 3.39. The second-order valence-electron chi connectivity index (χ2n) is 5.90. The Bertz CT molecular complexity index is 703. The summed E-state index contributed by atoms with van der Waals surface area (Å²) in [4.78, 5) is 13.8. The van der Waals surface area contributed by atoms with Gasteiger partial charge in [-0.3, -0.25) is 4.79 Å². The van der Waals surface area contributed by atoms with E-state index in [9.17, 15) is 13.2 Å². The van der Waals surface area contributed by atoms with Gasteiger partial charge in [0.2, 0.25) is 15.9 Å². The molecule has 2 fully saturated rings. The molecule has 1 saturated heterocycles. The third kappa shape index (κ3) is 4.13. The molecule has 3 rings (SSSR count). The fourth-order valence-corrected chi connectivity index (χ4v) is 3.88. The van der Waals surface area contributed by atoms with E-state index in [2.05, 4.69) is 0 Å². The molecule has 1 aliphatic heterocycles. The number of benzene rings is 1. The third-order valence-corrected chi connectivity index (χ3v) is 5.96. The first kappa shape index (κ1) is 16.5. The molecule has 0 atom stereocenters. The van der Waals surface area contributed by atoms with E-state index in [0.717, 1.165) is 18.4 Å². The summed E-state index contributed by atoms with van der Waals surface area (Å²) in [6.45, 7) is 1.66. The summed E-state index contributed by atoms with van der Waals surface area (Å²) < 4.78 is 26.1. The van der Waals surface area contributed by atoms with Gasteiger partial charge in [-0.05, 0) is 36.6 Å². The zero-order chi connectivity index (χ0) is 16.4. The van der Waals surface area contributed by atoms with Crippen LogP contribution in [0.2, 0.25) is 5.02 Å². The highest BCUT2D eigenvalue weighted by atomic mass is 35.5. The minimum atomic E-state index is -3.46. The highest BCUT2D eigenvalue weighted by molar-refractivity contribution is 7.92. The van der Waals surface area contributed by atoms with Crippen molar-refractivity contribution in [3.05, 3.63) is 40.3 Å². The van der Waals surface area contributed by atoms with Crippen LogP contribution in [0.4, 0.5) is 0 Å². The second kappa shape index (κ2) is 6.63. The van der Waals surface area contributed by atoms with Crippen LogP contribution in [0.25, 0.3) is 6.08 Å². The summed E-state index contributed by atoms with van der Waals surface area (Å²) >= 11 is 5.81. The van der Waals surface area contributed by atoms with Crippen molar-refractivity contribution in [2.75, 3.05) is 26.2 Å². The van der Waals surface area contributed by atoms with Crippen LogP contribution in [0.15, 0.2) is 29.7 Å². The fraction of sp³-hybridized carbons (Fsp3) is 0.438.